The van der Waals surface area contributed by atoms with Gasteiger partial charge in [0.15, 0.2) is 0 Å². The standard InChI is InChI=1S/C20H21ClN4OS/c1-12-16-18(25-10-6-3-7-11-25)22-13(2)23-20(16)27-17(12)19(26)24-15-9-5-4-8-14(15)21/h4-5,8-9H,3,6-7,10-11H2,1-2H3,(H,24,26). The van der Waals surface area contributed by atoms with Crippen molar-refractivity contribution in [3.8, 4) is 0 Å². The maximum absolute atomic E-state index is 12.9. The smallest absolute Gasteiger partial charge is 0.266 e. The largest absolute Gasteiger partial charge is 0.356 e. The highest BCUT2D eigenvalue weighted by molar-refractivity contribution is 7.20. The number of nitrogens with zero attached hydrogens (tertiary/aromatic N) is 3. The van der Waals surface area contributed by atoms with Crippen molar-refractivity contribution in [2.24, 2.45) is 0 Å². The summed E-state index contributed by atoms with van der Waals surface area (Å²) in [6, 6.07) is 7.25. The van der Waals surface area contributed by atoms with Crippen molar-refractivity contribution in [3.63, 3.8) is 0 Å². The van der Waals surface area contributed by atoms with E-state index in [9.17, 15) is 4.79 Å². The first-order valence-electron chi connectivity index (χ1n) is 9.13. The molecule has 0 atom stereocenters. The van der Waals surface area contributed by atoms with Gasteiger partial charge in [0.2, 0.25) is 0 Å². The average Bonchev–Trinajstić information content (AvgIpc) is 3.00. The Morgan fingerprint density at radius 2 is 1.89 bits per heavy atom. The summed E-state index contributed by atoms with van der Waals surface area (Å²) < 4.78 is 0. The molecule has 27 heavy (non-hydrogen) atoms. The molecule has 1 amide bonds. The third kappa shape index (κ3) is 3.51. The van der Waals surface area contributed by atoms with Crippen LogP contribution in [0.2, 0.25) is 5.02 Å². The number of carbonyl (C=O) groups is 1. The van der Waals surface area contributed by atoms with Crippen LogP contribution in [0.1, 0.15) is 40.3 Å². The molecule has 0 bridgehead atoms. The molecule has 1 saturated heterocycles. The van der Waals surface area contributed by atoms with Gasteiger partial charge in [-0.25, -0.2) is 9.97 Å². The normalized spacial score (nSPS) is 14.6. The minimum absolute atomic E-state index is 0.161. The van der Waals surface area contributed by atoms with E-state index in [0.717, 1.165) is 40.5 Å². The first-order valence-corrected chi connectivity index (χ1v) is 10.3. The monoisotopic (exact) mass is 400 g/mol. The second kappa shape index (κ2) is 7.44. The summed E-state index contributed by atoms with van der Waals surface area (Å²) in [5.74, 6) is 1.54. The van der Waals surface area contributed by atoms with Crippen LogP contribution in [0.5, 0.6) is 0 Å². The van der Waals surface area contributed by atoms with E-state index < -0.39 is 0 Å². The van der Waals surface area contributed by atoms with Crippen molar-refractivity contribution in [2.75, 3.05) is 23.3 Å². The van der Waals surface area contributed by atoms with E-state index in [2.05, 4.69) is 15.2 Å². The lowest BCUT2D eigenvalue weighted by molar-refractivity contribution is 0.103. The van der Waals surface area contributed by atoms with Crippen LogP contribution in [0.25, 0.3) is 10.2 Å². The number of carbonyl (C=O) groups excluding carboxylic acids is 1. The minimum atomic E-state index is -0.161. The van der Waals surface area contributed by atoms with Crippen LogP contribution < -0.4 is 10.2 Å². The predicted octanol–water partition coefficient (Wildman–Crippen LogP) is 5.20. The molecular weight excluding hydrogens is 380 g/mol. The Hall–Kier alpha value is -2.18. The van der Waals surface area contributed by atoms with E-state index in [1.165, 1.54) is 30.6 Å². The molecule has 1 aliphatic heterocycles. The van der Waals surface area contributed by atoms with Crippen molar-refractivity contribution in [1.29, 1.82) is 0 Å². The van der Waals surface area contributed by atoms with Crippen LogP contribution >= 0.6 is 22.9 Å². The Labute approximate surface area is 167 Å². The Bertz CT molecular complexity index is 1010. The van der Waals surface area contributed by atoms with Gasteiger partial charge in [0.1, 0.15) is 16.5 Å². The first-order chi connectivity index (χ1) is 13.0. The number of fused-ring (bicyclic) bond motifs is 1. The quantitative estimate of drug-likeness (QED) is 0.656. The first kappa shape index (κ1) is 18.2. The SMILES string of the molecule is Cc1nc(N2CCCCC2)c2c(C)c(C(=O)Nc3ccccc3Cl)sc2n1. The minimum Gasteiger partial charge on any atom is -0.356 e. The van der Waals surface area contributed by atoms with E-state index in [1.807, 2.05) is 26.0 Å². The number of piperidine rings is 1. The molecule has 140 valence electrons. The summed E-state index contributed by atoms with van der Waals surface area (Å²) >= 11 is 7.60. The maximum Gasteiger partial charge on any atom is 0.266 e. The molecule has 7 heteroatoms. The number of amides is 1. The number of para-hydroxylation sites is 1. The molecular formula is C20H21ClN4OS. The lowest BCUT2D eigenvalue weighted by atomic mass is 10.1. The molecule has 0 aliphatic carbocycles. The summed E-state index contributed by atoms with van der Waals surface area (Å²) in [7, 11) is 0. The van der Waals surface area contributed by atoms with Crippen molar-refractivity contribution in [1.82, 2.24) is 9.97 Å². The van der Waals surface area contributed by atoms with Gasteiger partial charge in [-0.3, -0.25) is 4.79 Å². The third-order valence-electron chi connectivity index (χ3n) is 4.87. The Morgan fingerprint density at radius 1 is 1.15 bits per heavy atom. The molecule has 1 aliphatic rings. The fourth-order valence-corrected chi connectivity index (χ4v) is 4.81. The highest BCUT2D eigenvalue weighted by Gasteiger charge is 2.24. The van der Waals surface area contributed by atoms with Crippen LogP contribution in [0.4, 0.5) is 11.5 Å². The van der Waals surface area contributed by atoms with Crippen LogP contribution in [-0.4, -0.2) is 29.0 Å². The number of aryl methyl sites for hydroxylation is 2. The van der Waals surface area contributed by atoms with Gasteiger partial charge < -0.3 is 10.2 Å². The summed E-state index contributed by atoms with van der Waals surface area (Å²) in [5.41, 5.74) is 1.54. The molecule has 3 heterocycles. The van der Waals surface area contributed by atoms with Gasteiger partial charge in [0.25, 0.3) is 5.91 Å². The number of hydrogen-bond acceptors (Lipinski definition) is 5. The lowest BCUT2D eigenvalue weighted by Gasteiger charge is -2.28. The Kier molecular flexibility index (Phi) is 5.02. The van der Waals surface area contributed by atoms with Crippen molar-refractivity contribution < 1.29 is 4.79 Å². The van der Waals surface area contributed by atoms with Gasteiger partial charge in [-0.1, -0.05) is 23.7 Å². The fourth-order valence-electron chi connectivity index (χ4n) is 3.51. The van der Waals surface area contributed by atoms with Gasteiger partial charge in [-0.2, -0.15) is 0 Å². The van der Waals surface area contributed by atoms with Gasteiger partial charge in [-0.05, 0) is 50.8 Å². The average molecular weight is 401 g/mol. The van der Waals surface area contributed by atoms with Crippen LogP contribution in [0.15, 0.2) is 24.3 Å². The third-order valence-corrected chi connectivity index (χ3v) is 6.38. The van der Waals surface area contributed by atoms with E-state index >= 15 is 0 Å². The van der Waals surface area contributed by atoms with Gasteiger partial charge >= 0.3 is 0 Å². The molecule has 4 rings (SSSR count). The number of hydrogen-bond donors (Lipinski definition) is 1. The number of halogens is 1. The molecule has 1 fully saturated rings. The number of thiophene rings is 1. The summed E-state index contributed by atoms with van der Waals surface area (Å²) in [5, 5.41) is 4.44. The van der Waals surface area contributed by atoms with Crippen molar-refractivity contribution >= 4 is 50.6 Å². The molecule has 2 aromatic heterocycles. The zero-order valence-electron chi connectivity index (χ0n) is 15.4. The van der Waals surface area contributed by atoms with E-state index in [-0.39, 0.29) is 5.91 Å². The number of benzene rings is 1. The molecule has 3 aromatic rings. The van der Waals surface area contributed by atoms with Gasteiger partial charge in [0.05, 0.1) is 21.0 Å². The van der Waals surface area contributed by atoms with Crippen LogP contribution in [-0.2, 0) is 0 Å². The van der Waals surface area contributed by atoms with Crippen molar-refractivity contribution in [3.05, 3.63) is 45.6 Å². The predicted molar refractivity (Wildman–Crippen MR) is 112 cm³/mol. The fraction of sp³-hybridized carbons (Fsp3) is 0.350. The molecule has 1 N–H and O–H groups in total. The highest BCUT2D eigenvalue weighted by atomic mass is 35.5. The van der Waals surface area contributed by atoms with E-state index in [0.29, 0.717) is 15.6 Å². The van der Waals surface area contributed by atoms with E-state index in [1.54, 1.807) is 12.1 Å². The van der Waals surface area contributed by atoms with E-state index in [4.69, 9.17) is 16.6 Å². The highest BCUT2D eigenvalue weighted by Crippen LogP contribution is 2.37. The molecule has 0 spiro atoms. The van der Waals surface area contributed by atoms with Gasteiger partial charge in [-0.15, -0.1) is 11.3 Å². The number of anilines is 2. The van der Waals surface area contributed by atoms with Gasteiger partial charge in [0, 0.05) is 13.1 Å². The second-order valence-corrected chi connectivity index (χ2v) is 8.22. The summed E-state index contributed by atoms with van der Waals surface area (Å²) in [4.78, 5) is 26.1. The maximum atomic E-state index is 12.9. The second-order valence-electron chi connectivity index (χ2n) is 6.81. The summed E-state index contributed by atoms with van der Waals surface area (Å²) in [6.07, 6.45) is 3.61. The topological polar surface area (TPSA) is 58.1 Å². The zero-order valence-corrected chi connectivity index (χ0v) is 17.0. The zero-order chi connectivity index (χ0) is 19.0. The lowest BCUT2D eigenvalue weighted by Crippen LogP contribution is -2.30. The number of nitrogens with one attached hydrogen (secondary N) is 1. The molecule has 1 aromatic carbocycles. The van der Waals surface area contributed by atoms with Crippen LogP contribution in [0, 0.1) is 13.8 Å². The number of rotatable bonds is 3. The molecule has 5 nitrogen and oxygen atoms in total. The number of aromatic nitrogens is 2. The molecule has 0 radical (unpaired) electrons. The summed E-state index contributed by atoms with van der Waals surface area (Å²) in [6.45, 7) is 5.89. The van der Waals surface area contributed by atoms with Crippen molar-refractivity contribution in [2.45, 2.75) is 33.1 Å². The van der Waals surface area contributed by atoms with Crippen LogP contribution in [0.3, 0.4) is 0 Å². The Morgan fingerprint density at radius 3 is 2.63 bits per heavy atom. The molecule has 0 unspecified atom stereocenters. The molecule has 0 saturated carbocycles. The Balaban J connectivity index is 1.75.